The first-order valence-electron chi connectivity index (χ1n) is 9.54. The molecule has 1 atom stereocenters. The summed E-state index contributed by atoms with van der Waals surface area (Å²) < 4.78 is 3.54. The molecule has 2 aromatic rings. The van der Waals surface area contributed by atoms with E-state index in [1.54, 1.807) is 16.2 Å². The monoisotopic (exact) mass is 470 g/mol. The van der Waals surface area contributed by atoms with E-state index in [0.29, 0.717) is 19.0 Å². The Morgan fingerprint density at radius 3 is 2.69 bits per heavy atom. The molecule has 8 heteroatoms. The number of nitrogens with zero attached hydrogens (tertiary/aromatic N) is 2. The summed E-state index contributed by atoms with van der Waals surface area (Å²) in [6.45, 7) is 3.04. The summed E-state index contributed by atoms with van der Waals surface area (Å²) in [6.07, 6.45) is 5.69. The Morgan fingerprint density at radius 2 is 1.97 bits per heavy atom. The van der Waals surface area contributed by atoms with Crippen LogP contribution in [0.5, 0.6) is 0 Å². The molecule has 1 amide bonds. The average molecular weight is 472 g/mol. The molecule has 1 aliphatic carbocycles. The summed E-state index contributed by atoms with van der Waals surface area (Å²) in [5, 5.41) is 1.08. The first kappa shape index (κ1) is 21.0. The maximum atomic E-state index is 12.3. The Bertz CT molecular complexity index is 930. The largest absolute Gasteiger partial charge is 0.445 e. The highest BCUT2D eigenvalue weighted by atomic mass is 35.6. The van der Waals surface area contributed by atoms with Gasteiger partial charge < -0.3 is 9.64 Å². The third-order valence-electron chi connectivity index (χ3n) is 5.46. The number of halogens is 3. The van der Waals surface area contributed by atoms with Gasteiger partial charge >= 0.3 is 6.09 Å². The van der Waals surface area contributed by atoms with Crippen molar-refractivity contribution >= 4 is 64.4 Å². The number of carbonyl (C=O) groups excluding carboxylic acids is 1. The molecule has 2 aliphatic rings. The van der Waals surface area contributed by atoms with Crippen molar-refractivity contribution < 1.29 is 9.53 Å². The number of likely N-dealkylation sites (tertiary alicyclic amines) is 1. The van der Waals surface area contributed by atoms with E-state index in [9.17, 15) is 4.79 Å². The maximum Gasteiger partial charge on any atom is 0.409 e. The smallest absolute Gasteiger partial charge is 0.409 e. The lowest BCUT2D eigenvalue weighted by atomic mass is 9.77. The minimum atomic E-state index is -1.59. The second-order valence-corrected chi connectivity index (χ2v) is 11.2. The maximum absolute atomic E-state index is 12.3. The van der Waals surface area contributed by atoms with Crippen molar-refractivity contribution in [2.24, 2.45) is 5.92 Å². The SMILES string of the molecule is Cc1nc2c(s1)C=Cc1ccccc1C2C1CCN(C(=O)OCC(Cl)(Cl)Cl)CC1. The Morgan fingerprint density at radius 1 is 1.24 bits per heavy atom. The summed E-state index contributed by atoms with van der Waals surface area (Å²) in [5.74, 6) is 0.619. The minimum absolute atomic E-state index is 0.223. The van der Waals surface area contributed by atoms with E-state index in [1.807, 2.05) is 0 Å². The summed E-state index contributed by atoms with van der Waals surface area (Å²) in [4.78, 5) is 20.1. The Labute approximate surface area is 189 Å². The van der Waals surface area contributed by atoms with Gasteiger partial charge in [0, 0.05) is 19.0 Å². The van der Waals surface area contributed by atoms with Gasteiger partial charge in [-0.25, -0.2) is 9.78 Å². The van der Waals surface area contributed by atoms with Crippen molar-refractivity contribution in [2.45, 2.75) is 29.5 Å². The van der Waals surface area contributed by atoms with E-state index in [1.165, 1.54) is 16.0 Å². The van der Waals surface area contributed by atoms with E-state index >= 15 is 0 Å². The summed E-state index contributed by atoms with van der Waals surface area (Å²) in [7, 11) is 0. The van der Waals surface area contributed by atoms with Gasteiger partial charge in [0.05, 0.1) is 15.6 Å². The van der Waals surface area contributed by atoms with Gasteiger partial charge in [-0.2, -0.15) is 0 Å². The molecular weight excluding hydrogens is 451 g/mol. The molecule has 29 heavy (non-hydrogen) atoms. The molecule has 0 N–H and O–H groups in total. The topological polar surface area (TPSA) is 42.4 Å². The van der Waals surface area contributed by atoms with Crippen LogP contribution >= 0.6 is 46.1 Å². The van der Waals surface area contributed by atoms with Crippen LogP contribution in [-0.2, 0) is 4.74 Å². The van der Waals surface area contributed by atoms with Crippen molar-refractivity contribution in [3.8, 4) is 0 Å². The van der Waals surface area contributed by atoms with E-state index < -0.39 is 9.89 Å². The van der Waals surface area contributed by atoms with Gasteiger partial charge in [0.25, 0.3) is 0 Å². The number of aryl methyl sites for hydroxylation is 1. The molecule has 1 saturated heterocycles. The number of hydrogen-bond donors (Lipinski definition) is 0. The number of thiazole rings is 1. The molecule has 4 nitrogen and oxygen atoms in total. The molecule has 1 fully saturated rings. The molecular formula is C21H21Cl3N2O2S. The van der Waals surface area contributed by atoms with Gasteiger partial charge in [-0.15, -0.1) is 11.3 Å². The van der Waals surface area contributed by atoms with Crippen LogP contribution in [0.4, 0.5) is 4.79 Å². The number of rotatable bonds is 2. The van der Waals surface area contributed by atoms with Crippen molar-refractivity contribution in [1.29, 1.82) is 0 Å². The van der Waals surface area contributed by atoms with Gasteiger partial charge in [-0.1, -0.05) is 65.1 Å². The van der Waals surface area contributed by atoms with Gasteiger partial charge in [0.1, 0.15) is 6.61 Å². The summed E-state index contributed by atoms with van der Waals surface area (Å²) in [5.41, 5.74) is 3.71. The van der Waals surface area contributed by atoms with Gasteiger partial charge in [0.15, 0.2) is 0 Å². The molecule has 4 rings (SSSR count). The van der Waals surface area contributed by atoms with Crippen molar-refractivity contribution in [3.05, 3.63) is 51.0 Å². The van der Waals surface area contributed by atoms with Gasteiger partial charge in [-0.05, 0) is 42.9 Å². The van der Waals surface area contributed by atoms with E-state index in [4.69, 9.17) is 44.5 Å². The number of benzene rings is 1. The second-order valence-electron chi connectivity index (χ2n) is 7.42. The highest BCUT2D eigenvalue weighted by Gasteiger charge is 2.35. The fourth-order valence-electron chi connectivity index (χ4n) is 4.19. The molecule has 154 valence electrons. The van der Waals surface area contributed by atoms with Gasteiger partial charge in [-0.3, -0.25) is 0 Å². The number of piperidine rings is 1. The molecule has 0 spiro atoms. The molecule has 0 saturated carbocycles. The Kier molecular flexibility index (Phi) is 6.12. The number of carbonyl (C=O) groups is 1. The third kappa shape index (κ3) is 4.74. The third-order valence-corrected chi connectivity index (χ3v) is 6.74. The van der Waals surface area contributed by atoms with E-state index in [0.717, 1.165) is 23.5 Å². The van der Waals surface area contributed by atoms with Crippen LogP contribution in [-0.4, -0.2) is 39.5 Å². The fraction of sp³-hybridized carbons (Fsp3) is 0.429. The summed E-state index contributed by atoms with van der Waals surface area (Å²) >= 11 is 18.8. The Hall–Kier alpha value is -1.27. The van der Waals surface area contributed by atoms with Crippen LogP contribution in [0.3, 0.4) is 0 Å². The standard InChI is InChI=1S/C21H21Cl3N2O2S/c1-13-25-19-17(29-13)7-6-14-4-2-3-5-16(14)18(19)15-8-10-26(11-9-15)20(27)28-12-21(22,23)24/h2-7,15,18H,8-12H2,1H3. The predicted octanol–water partition coefficient (Wildman–Crippen LogP) is 6.29. The first-order chi connectivity index (χ1) is 13.8. The molecule has 0 radical (unpaired) electrons. The number of amides is 1. The lowest BCUT2D eigenvalue weighted by Crippen LogP contribution is -2.41. The first-order valence-corrected chi connectivity index (χ1v) is 11.5. The highest BCUT2D eigenvalue weighted by molar-refractivity contribution is 7.12. The van der Waals surface area contributed by atoms with E-state index in [-0.39, 0.29) is 12.5 Å². The molecule has 1 unspecified atom stereocenters. The minimum Gasteiger partial charge on any atom is -0.445 e. The number of aromatic nitrogens is 1. The van der Waals surface area contributed by atoms with Crippen LogP contribution in [0.1, 0.15) is 45.5 Å². The van der Waals surface area contributed by atoms with Crippen LogP contribution in [0.15, 0.2) is 24.3 Å². The number of hydrogen-bond acceptors (Lipinski definition) is 4. The normalized spacial score (nSPS) is 19.4. The van der Waals surface area contributed by atoms with Crippen molar-refractivity contribution in [3.63, 3.8) is 0 Å². The molecule has 1 aliphatic heterocycles. The predicted molar refractivity (Wildman–Crippen MR) is 120 cm³/mol. The lowest BCUT2D eigenvalue weighted by molar-refractivity contribution is 0.0874. The quantitative estimate of drug-likeness (QED) is 0.484. The molecule has 0 bridgehead atoms. The molecule has 2 heterocycles. The zero-order valence-corrected chi connectivity index (χ0v) is 19.0. The summed E-state index contributed by atoms with van der Waals surface area (Å²) in [6, 6.07) is 8.52. The highest BCUT2D eigenvalue weighted by Crippen LogP contribution is 2.44. The zero-order chi connectivity index (χ0) is 20.6. The van der Waals surface area contributed by atoms with Crippen LogP contribution in [0.25, 0.3) is 12.2 Å². The number of fused-ring (bicyclic) bond motifs is 2. The number of alkyl halides is 3. The fourth-order valence-corrected chi connectivity index (χ4v) is 5.23. The van der Waals surface area contributed by atoms with Crippen molar-refractivity contribution in [2.75, 3.05) is 19.7 Å². The number of ether oxygens (including phenoxy) is 1. The molecule has 1 aromatic carbocycles. The van der Waals surface area contributed by atoms with Crippen LogP contribution in [0.2, 0.25) is 0 Å². The van der Waals surface area contributed by atoms with Crippen LogP contribution < -0.4 is 0 Å². The lowest BCUT2D eigenvalue weighted by Gasteiger charge is -2.36. The average Bonchev–Trinajstić information content (AvgIpc) is 2.98. The van der Waals surface area contributed by atoms with E-state index in [2.05, 4.69) is 43.3 Å². The zero-order valence-electron chi connectivity index (χ0n) is 15.9. The second kappa shape index (κ2) is 8.46. The van der Waals surface area contributed by atoms with Crippen molar-refractivity contribution in [1.82, 2.24) is 9.88 Å². The Balaban J connectivity index is 1.52. The van der Waals surface area contributed by atoms with Gasteiger partial charge in [0.2, 0.25) is 3.79 Å². The molecule has 1 aromatic heterocycles. The van der Waals surface area contributed by atoms with Crippen LogP contribution in [0, 0.1) is 12.8 Å².